The number of pyridine rings is 1. The van der Waals surface area contributed by atoms with Crippen LogP contribution in [0.2, 0.25) is 0 Å². The smallest absolute Gasteiger partial charge is 0.259 e. The first-order chi connectivity index (χ1) is 14.7. The Balaban J connectivity index is 1.81. The van der Waals surface area contributed by atoms with E-state index in [1.165, 1.54) is 10.4 Å². The maximum absolute atomic E-state index is 13.4. The number of amides is 1. The Bertz CT molecular complexity index is 1160. The van der Waals surface area contributed by atoms with Crippen molar-refractivity contribution in [2.75, 3.05) is 26.2 Å². The van der Waals surface area contributed by atoms with Crippen LogP contribution in [-0.2, 0) is 16.6 Å². The quantitative estimate of drug-likeness (QED) is 0.725. The molecule has 1 aromatic heterocycles. The lowest BCUT2D eigenvalue weighted by atomic mass is 9.94. The third-order valence-electron chi connectivity index (χ3n) is 6.49. The number of rotatable bonds is 4. The minimum Gasteiger partial charge on any atom is -0.347 e. The van der Waals surface area contributed by atoms with Crippen molar-refractivity contribution in [2.45, 2.75) is 51.5 Å². The van der Waals surface area contributed by atoms with Gasteiger partial charge in [0, 0.05) is 44.3 Å². The van der Waals surface area contributed by atoms with Crippen molar-refractivity contribution in [3.63, 3.8) is 0 Å². The van der Waals surface area contributed by atoms with Crippen molar-refractivity contribution in [3.05, 3.63) is 40.2 Å². The van der Waals surface area contributed by atoms with E-state index in [-0.39, 0.29) is 21.8 Å². The van der Waals surface area contributed by atoms with Crippen LogP contribution in [0.5, 0.6) is 0 Å². The fourth-order valence-corrected chi connectivity index (χ4v) is 6.70. The summed E-state index contributed by atoms with van der Waals surface area (Å²) in [5, 5.41) is 0.283. The van der Waals surface area contributed by atoms with Crippen LogP contribution in [0.15, 0.2) is 34.1 Å². The molecule has 0 radical (unpaired) electrons. The van der Waals surface area contributed by atoms with Gasteiger partial charge in [0.1, 0.15) is 5.56 Å². The van der Waals surface area contributed by atoms with Crippen LogP contribution < -0.4 is 5.43 Å². The van der Waals surface area contributed by atoms with Crippen molar-refractivity contribution in [2.24, 2.45) is 11.8 Å². The Morgan fingerprint density at radius 2 is 1.74 bits per heavy atom. The van der Waals surface area contributed by atoms with E-state index in [2.05, 4.69) is 13.8 Å². The van der Waals surface area contributed by atoms with Crippen molar-refractivity contribution in [1.82, 2.24) is 13.8 Å². The second-order valence-corrected chi connectivity index (χ2v) is 11.0. The summed E-state index contributed by atoms with van der Waals surface area (Å²) in [6, 6.07) is 4.73. The van der Waals surface area contributed by atoms with Crippen LogP contribution in [0.25, 0.3) is 10.9 Å². The molecule has 0 N–H and O–H groups in total. The lowest BCUT2D eigenvalue weighted by Crippen LogP contribution is -2.42. The molecule has 0 aliphatic carbocycles. The Morgan fingerprint density at radius 3 is 2.35 bits per heavy atom. The number of aryl methyl sites for hydroxylation is 1. The average Bonchev–Trinajstić information content (AvgIpc) is 3.27. The molecule has 2 fully saturated rings. The molecule has 1 amide bonds. The van der Waals surface area contributed by atoms with Gasteiger partial charge in [-0.2, -0.15) is 4.31 Å². The van der Waals surface area contributed by atoms with Crippen LogP contribution in [0, 0.1) is 11.8 Å². The Labute approximate surface area is 183 Å². The maximum Gasteiger partial charge on any atom is 0.259 e. The molecule has 2 aliphatic heterocycles. The van der Waals surface area contributed by atoms with E-state index < -0.39 is 15.5 Å². The molecule has 2 aliphatic rings. The summed E-state index contributed by atoms with van der Waals surface area (Å²) in [6.45, 7) is 8.92. The van der Waals surface area contributed by atoms with Gasteiger partial charge in [0.25, 0.3) is 5.91 Å². The third kappa shape index (κ3) is 4.03. The van der Waals surface area contributed by atoms with Crippen LogP contribution in [0.3, 0.4) is 0 Å². The fraction of sp³-hybridized carbons (Fsp3) is 0.565. The zero-order valence-corrected chi connectivity index (χ0v) is 19.3. The number of carbonyl (C=O) groups is 1. The molecule has 8 heteroatoms. The molecular formula is C23H31N3O4S. The number of aromatic nitrogens is 1. The SMILES string of the molecule is CCn1cc(C(=O)N2CCCC2)c(=O)c2cc(S(=O)(=O)N3C[C@H](C)C[C@@H](C)C3)ccc21. The van der Waals surface area contributed by atoms with Gasteiger partial charge in [-0.25, -0.2) is 8.42 Å². The highest BCUT2D eigenvalue weighted by atomic mass is 32.2. The number of hydrogen-bond acceptors (Lipinski definition) is 4. The number of hydrogen-bond donors (Lipinski definition) is 0. The van der Waals surface area contributed by atoms with Gasteiger partial charge in [0.15, 0.2) is 0 Å². The standard InChI is InChI=1S/C23H31N3O4S/c1-4-24-15-20(23(28)25-9-5-6-10-25)22(27)19-12-18(7-8-21(19)24)31(29,30)26-13-16(2)11-17(3)14-26/h7-8,12,15-17H,4-6,9-11,13-14H2,1-3H3/t16-,17-/m1/s1. The Kier molecular flexibility index (Phi) is 5.96. The number of carbonyl (C=O) groups excluding carboxylic acids is 1. The number of benzene rings is 1. The number of nitrogens with zero attached hydrogens (tertiary/aromatic N) is 3. The predicted octanol–water partition coefficient (Wildman–Crippen LogP) is 2.92. The molecule has 2 aromatic rings. The molecule has 2 atom stereocenters. The Morgan fingerprint density at radius 1 is 1.10 bits per heavy atom. The summed E-state index contributed by atoms with van der Waals surface area (Å²) >= 11 is 0. The zero-order chi connectivity index (χ0) is 22.3. The van der Waals surface area contributed by atoms with Crippen LogP contribution >= 0.6 is 0 Å². The van der Waals surface area contributed by atoms with Gasteiger partial charge in [0.2, 0.25) is 15.5 Å². The first kappa shape index (κ1) is 22.0. The molecule has 1 aromatic carbocycles. The number of fused-ring (bicyclic) bond motifs is 1. The van der Waals surface area contributed by atoms with E-state index >= 15 is 0 Å². The van der Waals surface area contributed by atoms with Gasteiger partial charge in [-0.1, -0.05) is 13.8 Å². The van der Waals surface area contributed by atoms with E-state index in [4.69, 9.17) is 0 Å². The molecule has 0 spiro atoms. The molecule has 0 saturated carbocycles. The monoisotopic (exact) mass is 445 g/mol. The summed E-state index contributed by atoms with van der Waals surface area (Å²) < 4.78 is 30.1. The van der Waals surface area contributed by atoms with Crippen molar-refractivity contribution in [1.29, 1.82) is 0 Å². The fourth-order valence-electron chi connectivity index (χ4n) is 4.99. The van der Waals surface area contributed by atoms with Gasteiger partial charge in [-0.3, -0.25) is 9.59 Å². The molecular weight excluding hydrogens is 414 g/mol. The second kappa shape index (κ2) is 8.39. The van der Waals surface area contributed by atoms with Crippen LogP contribution in [0.4, 0.5) is 0 Å². The zero-order valence-electron chi connectivity index (χ0n) is 18.5. The van der Waals surface area contributed by atoms with Gasteiger partial charge >= 0.3 is 0 Å². The number of piperidine rings is 1. The van der Waals surface area contributed by atoms with Crippen molar-refractivity contribution >= 4 is 26.8 Å². The number of likely N-dealkylation sites (tertiary alicyclic amines) is 1. The first-order valence-electron chi connectivity index (χ1n) is 11.2. The summed E-state index contributed by atoms with van der Waals surface area (Å²) in [5.74, 6) is 0.320. The molecule has 168 valence electrons. The van der Waals surface area contributed by atoms with E-state index in [1.54, 1.807) is 23.2 Å². The predicted molar refractivity (Wildman–Crippen MR) is 121 cm³/mol. The second-order valence-electron chi connectivity index (χ2n) is 9.10. The molecule has 4 rings (SSSR count). The molecule has 7 nitrogen and oxygen atoms in total. The number of sulfonamides is 1. The van der Waals surface area contributed by atoms with Crippen LogP contribution in [-0.4, -0.2) is 54.3 Å². The summed E-state index contributed by atoms with van der Waals surface area (Å²) in [5.41, 5.74) is 0.366. The van der Waals surface area contributed by atoms with Gasteiger partial charge in [-0.15, -0.1) is 0 Å². The molecule has 3 heterocycles. The minimum absolute atomic E-state index is 0.117. The van der Waals surface area contributed by atoms with E-state index in [0.717, 1.165) is 19.3 Å². The molecule has 2 saturated heterocycles. The van der Waals surface area contributed by atoms with Gasteiger partial charge in [-0.05, 0) is 56.2 Å². The topological polar surface area (TPSA) is 79.7 Å². The van der Waals surface area contributed by atoms with Gasteiger partial charge in [0.05, 0.1) is 10.4 Å². The first-order valence-corrected chi connectivity index (χ1v) is 12.6. The van der Waals surface area contributed by atoms with E-state index in [9.17, 15) is 18.0 Å². The highest BCUT2D eigenvalue weighted by molar-refractivity contribution is 7.89. The lowest BCUT2D eigenvalue weighted by molar-refractivity contribution is 0.0791. The molecule has 31 heavy (non-hydrogen) atoms. The van der Waals surface area contributed by atoms with Crippen molar-refractivity contribution < 1.29 is 13.2 Å². The normalized spacial score (nSPS) is 22.9. The molecule has 0 bridgehead atoms. The van der Waals surface area contributed by atoms with E-state index in [1.807, 2.05) is 11.5 Å². The molecule has 0 unspecified atom stereocenters. The lowest BCUT2D eigenvalue weighted by Gasteiger charge is -2.34. The average molecular weight is 446 g/mol. The van der Waals surface area contributed by atoms with Crippen molar-refractivity contribution in [3.8, 4) is 0 Å². The van der Waals surface area contributed by atoms with E-state index in [0.29, 0.717) is 50.1 Å². The highest BCUT2D eigenvalue weighted by Gasteiger charge is 2.32. The van der Waals surface area contributed by atoms with Gasteiger partial charge < -0.3 is 9.47 Å². The largest absolute Gasteiger partial charge is 0.347 e. The summed E-state index contributed by atoms with van der Waals surface area (Å²) in [7, 11) is -3.71. The van der Waals surface area contributed by atoms with Crippen LogP contribution in [0.1, 0.15) is 50.4 Å². The summed E-state index contributed by atoms with van der Waals surface area (Å²) in [6.07, 6.45) is 4.51. The maximum atomic E-state index is 13.4. The highest BCUT2D eigenvalue weighted by Crippen LogP contribution is 2.28. The summed E-state index contributed by atoms with van der Waals surface area (Å²) in [4.78, 5) is 28.1. The third-order valence-corrected chi connectivity index (χ3v) is 8.32. The Hall–Kier alpha value is -2.19. The minimum atomic E-state index is -3.71.